The van der Waals surface area contributed by atoms with Crippen molar-refractivity contribution in [2.24, 2.45) is 5.10 Å². The second-order valence-electron chi connectivity index (χ2n) is 6.55. The number of rotatable bonds is 3. The van der Waals surface area contributed by atoms with E-state index >= 15 is 0 Å². The van der Waals surface area contributed by atoms with Gasteiger partial charge in [0.25, 0.3) is 0 Å². The van der Waals surface area contributed by atoms with Gasteiger partial charge in [0.2, 0.25) is 0 Å². The summed E-state index contributed by atoms with van der Waals surface area (Å²) >= 11 is 16.5. The highest BCUT2D eigenvalue weighted by Gasteiger charge is 2.31. The summed E-state index contributed by atoms with van der Waals surface area (Å²) < 4.78 is 11.7. The monoisotopic (exact) mass is 499 g/mol. The molecule has 0 fully saturated rings. The Labute approximate surface area is 188 Å². The quantitative estimate of drug-likeness (QED) is 0.550. The molecule has 0 aromatic heterocycles. The zero-order valence-corrected chi connectivity index (χ0v) is 19.5. The third kappa shape index (κ3) is 4.04. The number of hydrogen-bond acceptors (Lipinski definition) is 4. The van der Waals surface area contributed by atoms with E-state index in [0.717, 1.165) is 15.7 Å². The minimum absolute atomic E-state index is 0.260. The van der Waals surface area contributed by atoms with Gasteiger partial charge < -0.3 is 9.47 Å². The number of nitrogens with zero attached hydrogens (tertiary/aromatic N) is 3. The topological polar surface area (TPSA) is 54.4 Å². The van der Waals surface area contributed by atoms with Crippen LogP contribution < -0.4 is 14.4 Å². The molecule has 1 aliphatic heterocycles. The molecule has 2 amide bonds. The maximum Gasteiger partial charge on any atom is 0.344 e. The number of carbonyl (C=O) groups is 1. The van der Waals surface area contributed by atoms with Crippen molar-refractivity contribution in [2.75, 3.05) is 26.2 Å². The van der Waals surface area contributed by atoms with Crippen LogP contribution in [-0.2, 0) is 6.42 Å². The lowest BCUT2D eigenvalue weighted by atomic mass is 10.0. The van der Waals surface area contributed by atoms with Crippen LogP contribution in [0.3, 0.4) is 0 Å². The van der Waals surface area contributed by atoms with E-state index in [4.69, 9.17) is 32.7 Å². The Morgan fingerprint density at radius 1 is 1.17 bits per heavy atom. The van der Waals surface area contributed by atoms with Crippen molar-refractivity contribution in [3.8, 4) is 11.5 Å². The van der Waals surface area contributed by atoms with Crippen LogP contribution in [0.15, 0.2) is 33.8 Å². The Morgan fingerprint density at radius 2 is 1.76 bits per heavy atom. The highest BCUT2D eigenvalue weighted by Crippen LogP contribution is 2.46. The lowest BCUT2D eigenvalue weighted by Crippen LogP contribution is -2.43. The molecule has 1 heterocycles. The Bertz CT molecular complexity index is 967. The van der Waals surface area contributed by atoms with Crippen molar-refractivity contribution in [3.63, 3.8) is 0 Å². The maximum absolute atomic E-state index is 13.1. The van der Waals surface area contributed by atoms with Gasteiger partial charge in [0.05, 0.1) is 36.5 Å². The largest absolute Gasteiger partial charge is 0.491 e. The Balaban J connectivity index is 1.98. The molecule has 0 radical (unpaired) electrons. The number of carbonyl (C=O) groups excluding carboxylic acids is 1. The average molecular weight is 501 g/mol. The third-order valence-electron chi connectivity index (χ3n) is 4.76. The highest BCUT2D eigenvalue weighted by atomic mass is 79.9. The molecule has 0 bridgehead atoms. The molecule has 9 heteroatoms. The van der Waals surface area contributed by atoms with Crippen molar-refractivity contribution >= 4 is 57.1 Å². The summed E-state index contributed by atoms with van der Waals surface area (Å²) in [5.74, 6) is 0.703. The van der Waals surface area contributed by atoms with Crippen molar-refractivity contribution in [1.82, 2.24) is 5.01 Å². The fourth-order valence-electron chi connectivity index (χ4n) is 3.19. The van der Waals surface area contributed by atoms with E-state index in [0.29, 0.717) is 33.5 Å². The lowest BCUT2D eigenvalue weighted by Gasteiger charge is -2.28. The van der Waals surface area contributed by atoms with Gasteiger partial charge in [0, 0.05) is 22.8 Å². The van der Waals surface area contributed by atoms with Crippen LogP contribution in [0.1, 0.15) is 18.1 Å². The SMILES string of the molecule is COc1c(Cl)c2c(c(Cl)c1OC)CC(C)N(C(=O)N(C)c1ccc(Br)cc1)N=C2. The summed E-state index contributed by atoms with van der Waals surface area (Å²) in [5.41, 5.74) is 2.12. The summed E-state index contributed by atoms with van der Waals surface area (Å²) in [4.78, 5) is 14.7. The van der Waals surface area contributed by atoms with Crippen molar-refractivity contribution in [1.29, 1.82) is 0 Å². The molecule has 2 aromatic carbocycles. The molecule has 1 atom stereocenters. The number of halogens is 3. The van der Waals surface area contributed by atoms with Gasteiger partial charge in [-0.3, -0.25) is 4.90 Å². The Hall–Kier alpha value is -1.96. The molecule has 154 valence electrons. The molecule has 0 N–H and O–H groups in total. The van der Waals surface area contributed by atoms with Crippen molar-refractivity contribution in [2.45, 2.75) is 19.4 Å². The minimum atomic E-state index is -0.268. The molecule has 1 aliphatic rings. The zero-order chi connectivity index (χ0) is 21.3. The van der Waals surface area contributed by atoms with Crippen LogP contribution in [0.5, 0.6) is 11.5 Å². The molecule has 1 unspecified atom stereocenters. The van der Waals surface area contributed by atoms with Crippen molar-refractivity contribution < 1.29 is 14.3 Å². The molecule has 2 aromatic rings. The standard InChI is InChI=1S/C20H20BrCl2N3O3/c1-11-9-14-15(17(23)19(29-4)18(28-3)16(14)22)10-24-26(11)20(27)25(2)13-7-5-12(21)6-8-13/h5-8,10-11H,9H2,1-4H3. The van der Waals surface area contributed by atoms with Gasteiger partial charge in [-0.25, -0.2) is 9.80 Å². The molecule has 0 saturated heterocycles. The fourth-order valence-corrected chi connectivity index (χ4v) is 4.12. The van der Waals surface area contributed by atoms with E-state index in [2.05, 4.69) is 21.0 Å². The zero-order valence-electron chi connectivity index (χ0n) is 16.4. The van der Waals surface area contributed by atoms with Gasteiger partial charge in [0.15, 0.2) is 11.5 Å². The second kappa shape index (κ2) is 8.81. The number of ether oxygens (including phenoxy) is 2. The van der Waals surface area contributed by atoms with Crippen LogP contribution in [0.2, 0.25) is 10.0 Å². The number of hydrazone groups is 1. The first kappa shape index (κ1) is 21.7. The Morgan fingerprint density at radius 3 is 2.34 bits per heavy atom. The van der Waals surface area contributed by atoms with Crippen LogP contribution in [0.4, 0.5) is 10.5 Å². The normalized spacial score (nSPS) is 15.6. The van der Waals surface area contributed by atoms with Crippen LogP contribution in [0, 0.1) is 0 Å². The summed E-state index contributed by atoms with van der Waals surface area (Å²) in [6, 6.07) is 6.93. The van der Waals surface area contributed by atoms with E-state index in [-0.39, 0.29) is 12.1 Å². The van der Waals surface area contributed by atoms with Crippen molar-refractivity contribution in [3.05, 3.63) is 49.9 Å². The average Bonchev–Trinajstić information content (AvgIpc) is 2.89. The van der Waals surface area contributed by atoms with E-state index < -0.39 is 0 Å². The number of hydrogen-bond donors (Lipinski definition) is 0. The van der Waals surface area contributed by atoms with Gasteiger partial charge in [-0.15, -0.1) is 0 Å². The molecular weight excluding hydrogens is 481 g/mol. The van der Waals surface area contributed by atoms with Crippen LogP contribution >= 0.6 is 39.1 Å². The highest BCUT2D eigenvalue weighted by molar-refractivity contribution is 9.10. The van der Waals surface area contributed by atoms with Crippen LogP contribution in [0.25, 0.3) is 0 Å². The van der Waals surface area contributed by atoms with E-state index in [1.54, 1.807) is 18.2 Å². The predicted molar refractivity (Wildman–Crippen MR) is 120 cm³/mol. The number of fused-ring (bicyclic) bond motifs is 1. The number of urea groups is 1. The van der Waals surface area contributed by atoms with E-state index in [1.807, 2.05) is 31.2 Å². The molecule has 6 nitrogen and oxygen atoms in total. The third-order valence-corrected chi connectivity index (χ3v) is 6.07. The second-order valence-corrected chi connectivity index (χ2v) is 8.22. The molecule has 0 saturated carbocycles. The van der Waals surface area contributed by atoms with Gasteiger partial charge in [-0.05, 0) is 43.2 Å². The number of benzene rings is 2. The first-order valence-corrected chi connectivity index (χ1v) is 10.3. The molecule has 29 heavy (non-hydrogen) atoms. The van der Waals surface area contributed by atoms with E-state index in [9.17, 15) is 4.79 Å². The Kier molecular flexibility index (Phi) is 6.61. The first-order valence-electron chi connectivity index (χ1n) is 8.78. The molecular formula is C20H20BrCl2N3O3. The fraction of sp³-hybridized carbons (Fsp3) is 0.300. The smallest absolute Gasteiger partial charge is 0.344 e. The summed E-state index contributed by atoms with van der Waals surface area (Å²) in [5, 5.41) is 6.58. The van der Waals surface area contributed by atoms with Gasteiger partial charge >= 0.3 is 6.03 Å². The number of amides is 2. The predicted octanol–water partition coefficient (Wildman–Crippen LogP) is 5.61. The summed E-state index contributed by atoms with van der Waals surface area (Å²) in [6.45, 7) is 1.90. The first-order chi connectivity index (χ1) is 13.8. The van der Waals surface area contributed by atoms with Gasteiger partial charge in [0.1, 0.15) is 0 Å². The van der Waals surface area contributed by atoms with E-state index in [1.165, 1.54) is 19.2 Å². The molecule has 0 spiro atoms. The summed E-state index contributed by atoms with van der Waals surface area (Å²) in [7, 11) is 4.70. The minimum Gasteiger partial charge on any atom is -0.491 e. The maximum atomic E-state index is 13.1. The van der Waals surface area contributed by atoms with Crippen LogP contribution in [-0.4, -0.2) is 44.6 Å². The lowest BCUT2D eigenvalue weighted by molar-refractivity contribution is 0.190. The number of methoxy groups -OCH3 is 2. The van der Waals surface area contributed by atoms with Gasteiger partial charge in [-0.2, -0.15) is 5.10 Å². The summed E-state index contributed by atoms with van der Waals surface area (Å²) in [6.07, 6.45) is 2.00. The molecule has 0 aliphatic carbocycles. The molecule has 3 rings (SSSR count). The van der Waals surface area contributed by atoms with Gasteiger partial charge in [-0.1, -0.05) is 39.1 Å². The number of anilines is 1.